The van der Waals surface area contributed by atoms with E-state index in [1.807, 2.05) is 18.2 Å². The third-order valence-electron chi connectivity index (χ3n) is 3.27. The number of hydrogen-bond donors (Lipinski definition) is 1. The maximum atomic E-state index is 5.98. The van der Waals surface area contributed by atoms with E-state index in [-0.39, 0.29) is 0 Å². The van der Waals surface area contributed by atoms with Gasteiger partial charge in [0.2, 0.25) is 0 Å². The quantitative estimate of drug-likeness (QED) is 0.846. The minimum atomic E-state index is 0.731. The van der Waals surface area contributed by atoms with Crippen molar-refractivity contribution in [2.45, 2.75) is 20.4 Å². The molecule has 0 saturated carbocycles. The summed E-state index contributed by atoms with van der Waals surface area (Å²) in [6.07, 6.45) is 0. The van der Waals surface area contributed by atoms with E-state index in [0.717, 1.165) is 47.0 Å². The maximum Gasteiger partial charge on any atom is 0.178 e. The molecule has 0 atom stereocenters. The number of nitrogens with zero attached hydrogens (tertiary/aromatic N) is 2. The molecule has 1 N–H and O–H groups in total. The SMILES string of the molecule is CCN(CC)CCn1c(=S)[nH]c2cc(Cl)ccc21. The largest absolute Gasteiger partial charge is 0.331 e. The zero-order chi connectivity index (χ0) is 13.1. The Morgan fingerprint density at radius 3 is 2.72 bits per heavy atom. The van der Waals surface area contributed by atoms with Crippen LogP contribution in [0.2, 0.25) is 5.02 Å². The molecule has 2 aromatic rings. The Labute approximate surface area is 117 Å². The number of likely N-dealkylation sites (N-methyl/N-ethyl adjacent to an activating group) is 1. The molecule has 2 rings (SSSR count). The molecule has 1 aromatic carbocycles. The minimum absolute atomic E-state index is 0.731. The first kappa shape index (κ1) is 13.6. The highest BCUT2D eigenvalue weighted by Crippen LogP contribution is 2.19. The summed E-state index contributed by atoms with van der Waals surface area (Å²) in [7, 11) is 0. The van der Waals surface area contributed by atoms with Crippen molar-refractivity contribution in [1.82, 2.24) is 14.5 Å². The molecule has 1 heterocycles. The number of fused-ring (bicyclic) bond motifs is 1. The van der Waals surface area contributed by atoms with Crippen molar-refractivity contribution in [1.29, 1.82) is 0 Å². The Kier molecular flexibility index (Phi) is 4.43. The molecule has 0 radical (unpaired) electrons. The van der Waals surface area contributed by atoms with Crippen LogP contribution < -0.4 is 0 Å². The van der Waals surface area contributed by atoms with Gasteiger partial charge in [-0.2, -0.15) is 0 Å². The molecule has 98 valence electrons. The van der Waals surface area contributed by atoms with Crippen molar-refractivity contribution in [2.75, 3.05) is 19.6 Å². The van der Waals surface area contributed by atoms with Crippen molar-refractivity contribution in [2.24, 2.45) is 0 Å². The molecule has 0 bridgehead atoms. The third-order valence-corrected chi connectivity index (χ3v) is 3.83. The highest BCUT2D eigenvalue weighted by Gasteiger charge is 2.06. The Morgan fingerprint density at radius 1 is 1.33 bits per heavy atom. The number of imidazole rings is 1. The van der Waals surface area contributed by atoms with E-state index >= 15 is 0 Å². The molecule has 0 fully saturated rings. The van der Waals surface area contributed by atoms with Crippen molar-refractivity contribution < 1.29 is 0 Å². The number of aromatic nitrogens is 2. The first-order valence-corrected chi connectivity index (χ1v) is 7.04. The second-order valence-electron chi connectivity index (χ2n) is 4.27. The predicted molar refractivity (Wildman–Crippen MR) is 79.9 cm³/mol. The molecule has 0 aliphatic rings. The molecular weight excluding hydrogens is 266 g/mol. The summed E-state index contributed by atoms with van der Waals surface area (Å²) in [5.41, 5.74) is 2.13. The van der Waals surface area contributed by atoms with Crippen molar-refractivity contribution >= 4 is 34.9 Å². The summed E-state index contributed by atoms with van der Waals surface area (Å²) in [5.74, 6) is 0. The standard InChI is InChI=1S/C13H18ClN3S/c1-3-16(4-2)7-8-17-12-6-5-10(14)9-11(12)15-13(17)18/h5-6,9H,3-4,7-8H2,1-2H3,(H,15,18). The highest BCUT2D eigenvalue weighted by atomic mass is 35.5. The monoisotopic (exact) mass is 283 g/mol. The van der Waals surface area contributed by atoms with E-state index in [0.29, 0.717) is 0 Å². The normalized spacial score (nSPS) is 11.6. The summed E-state index contributed by atoms with van der Waals surface area (Å²) in [5, 5.41) is 0.731. The number of rotatable bonds is 5. The van der Waals surface area contributed by atoms with Crippen LogP contribution in [0.1, 0.15) is 13.8 Å². The van der Waals surface area contributed by atoms with Gasteiger partial charge >= 0.3 is 0 Å². The minimum Gasteiger partial charge on any atom is -0.331 e. The zero-order valence-corrected chi connectivity index (χ0v) is 12.3. The predicted octanol–water partition coefficient (Wildman–Crippen LogP) is 3.69. The molecular formula is C13H18ClN3S. The first-order chi connectivity index (χ1) is 8.65. The fraction of sp³-hybridized carbons (Fsp3) is 0.462. The van der Waals surface area contributed by atoms with Gasteiger partial charge in [-0.3, -0.25) is 0 Å². The van der Waals surface area contributed by atoms with Crippen molar-refractivity contribution in [3.05, 3.63) is 28.0 Å². The van der Waals surface area contributed by atoms with Gasteiger partial charge in [-0.25, -0.2) is 0 Å². The lowest BCUT2D eigenvalue weighted by atomic mass is 10.3. The van der Waals surface area contributed by atoms with Gasteiger partial charge in [-0.1, -0.05) is 25.4 Å². The molecule has 0 saturated heterocycles. The van der Waals surface area contributed by atoms with Crippen LogP contribution in [0.4, 0.5) is 0 Å². The smallest absolute Gasteiger partial charge is 0.178 e. The van der Waals surface area contributed by atoms with Gasteiger partial charge in [0.1, 0.15) is 0 Å². The van der Waals surface area contributed by atoms with Gasteiger partial charge in [0.25, 0.3) is 0 Å². The number of H-pyrrole nitrogens is 1. The Morgan fingerprint density at radius 2 is 2.06 bits per heavy atom. The summed E-state index contributed by atoms with van der Waals surface area (Å²) >= 11 is 11.3. The first-order valence-electron chi connectivity index (χ1n) is 6.26. The lowest BCUT2D eigenvalue weighted by molar-refractivity contribution is 0.291. The average Bonchev–Trinajstić information content (AvgIpc) is 2.66. The van der Waals surface area contributed by atoms with Crippen LogP contribution in [0.25, 0.3) is 11.0 Å². The number of halogens is 1. The van der Waals surface area contributed by atoms with E-state index in [4.69, 9.17) is 23.8 Å². The van der Waals surface area contributed by atoms with Crippen LogP contribution in [0, 0.1) is 4.77 Å². The van der Waals surface area contributed by atoms with Gasteiger partial charge in [-0.05, 0) is 43.5 Å². The van der Waals surface area contributed by atoms with Crippen LogP contribution in [0.15, 0.2) is 18.2 Å². The van der Waals surface area contributed by atoms with E-state index in [1.54, 1.807) is 0 Å². The van der Waals surface area contributed by atoms with Crippen LogP contribution in [0.5, 0.6) is 0 Å². The van der Waals surface area contributed by atoms with Crippen LogP contribution in [0.3, 0.4) is 0 Å². The number of benzene rings is 1. The topological polar surface area (TPSA) is 24.0 Å². The summed E-state index contributed by atoms with van der Waals surface area (Å²) in [6, 6.07) is 5.84. The maximum absolute atomic E-state index is 5.98. The molecule has 5 heteroatoms. The molecule has 18 heavy (non-hydrogen) atoms. The lowest BCUT2D eigenvalue weighted by Crippen LogP contribution is -2.27. The second kappa shape index (κ2) is 5.87. The van der Waals surface area contributed by atoms with Crippen LogP contribution in [-0.2, 0) is 6.54 Å². The van der Waals surface area contributed by atoms with E-state index < -0.39 is 0 Å². The molecule has 0 aliphatic carbocycles. The van der Waals surface area contributed by atoms with Crippen LogP contribution in [-0.4, -0.2) is 34.1 Å². The van der Waals surface area contributed by atoms with Crippen molar-refractivity contribution in [3.63, 3.8) is 0 Å². The van der Waals surface area contributed by atoms with Gasteiger partial charge < -0.3 is 14.5 Å². The summed E-state index contributed by atoms with van der Waals surface area (Å²) < 4.78 is 2.90. The summed E-state index contributed by atoms with van der Waals surface area (Å²) in [6.45, 7) is 8.41. The average molecular weight is 284 g/mol. The molecule has 3 nitrogen and oxygen atoms in total. The number of nitrogens with one attached hydrogen (secondary N) is 1. The van der Waals surface area contributed by atoms with Crippen LogP contribution >= 0.6 is 23.8 Å². The Bertz CT molecular complexity index is 583. The fourth-order valence-electron chi connectivity index (χ4n) is 2.14. The fourth-order valence-corrected chi connectivity index (χ4v) is 2.61. The second-order valence-corrected chi connectivity index (χ2v) is 5.09. The molecule has 0 amide bonds. The molecule has 0 spiro atoms. The van der Waals surface area contributed by atoms with E-state index in [1.165, 1.54) is 0 Å². The van der Waals surface area contributed by atoms with Crippen molar-refractivity contribution in [3.8, 4) is 0 Å². The van der Waals surface area contributed by atoms with E-state index in [9.17, 15) is 0 Å². The molecule has 1 aromatic heterocycles. The Hall–Kier alpha value is -0.840. The molecule has 0 aliphatic heterocycles. The zero-order valence-electron chi connectivity index (χ0n) is 10.7. The van der Waals surface area contributed by atoms with E-state index in [2.05, 4.69) is 28.3 Å². The Balaban J connectivity index is 2.28. The molecule has 0 unspecified atom stereocenters. The number of aromatic amines is 1. The third kappa shape index (κ3) is 2.76. The van der Waals surface area contributed by atoms with Gasteiger partial charge in [0.05, 0.1) is 11.0 Å². The lowest BCUT2D eigenvalue weighted by Gasteiger charge is -2.18. The highest BCUT2D eigenvalue weighted by molar-refractivity contribution is 7.71. The van der Waals surface area contributed by atoms with Gasteiger partial charge in [0, 0.05) is 18.1 Å². The number of hydrogen-bond acceptors (Lipinski definition) is 2. The van der Waals surface area contributed by atoms with Gasteiger partial charge in [-0.15, -0.1) is 0 Å². The van der Waals surface area contributed by atoms with Gasteiger partial charge in [0.15, 0.2) is 4.77 Å². The summed E-state index contributed by atoms with van der Waals surface area (Å²) in [4.78, 5) is 5.59.